The minimum atomic E-state index is -0.814. The van der Waals surface area contributed by atoms with E-state index in [2.05, 4.69) is 10.6 Å². The van der Waals surface area contributed by atoms with Gasteiger partial charge in [-0.2, -0.15) is 0 Å². The normalized spacial score (nSPS) is 11.3. The highest BCUT2D eigenvalue weighted by Crippen LogP contribution is 2.25. The Morgan fingerprint density at radius 2 is 1.81 bits per heavy atom. The third-order valence-corrected chi connectivity index (χ3v) is 4.02. The van der Waals surface area contributed by atoms with Crippen LogP contribution >= 0.6 is 23.2 Å². The number of hydrogen-bond acceptors (Lipinski definition) is 4. The summed E-state index contributed by atoms with van der Waals surface area (Å²) < 4.78 is 4.96. The maximum Gasteiger partial charge on any atom is 0.312 e. The van der Waals surface area contributed by atoms with Crippen molar-refractivity contribution in [1.29, 1.82) is 0 Å². The van der Waals surface area contributed by atoms with Crippen LogP contribution in [0, 0.1) is 0 Å². The van der Waals surface area contributed by atoms with Crippen LogP contribution in [0.15, 0.2) is 48.5 Å². The molecule has 0 heterocycles. The van der Waals surface area contributed by atoms with Crippen molar-refractivity contribution < 1.29 is 19.1 Å². The SMILES string of the molecule is NC(=O)NC(CC(=O)OCC(=O)Nc1cccc(Cl)c1)c1ccccc1Cl. The highest BCUT2D eigenvalue weighted by Gasteiger charge is 2.21. The molecule has 2 rings (SSSR count). The summed E-state index contributed by atoms with van der Waals surface area (Å²) in [5, 5.41) is 5.82. The number of primary amides is 1. The van der Waals surface area contributed by atoms with Crippen LogP contribution < -0.4 is 16.4 Å². The number of esters is 1. The summed E-state index contributed by atoms with van der Waals surface area (Å²) in [4.78, 5) is 35.2. The number of carbonyl (C=O) groups is 3. The largest absolute Gasteiger partial charge is 0.455 e. The molecule has 0 aromatic heterocycles. The monoisotopic (exact) mass is 409 g/mol. The van der Waals surface area contributed by atoms with Gasteiger partial charge in [-0.3, -0.25) is 9.59 Å². The lowest BCUT2D eigenvalue weighted by Crippen LogP contribution is -2.35. The number of anilines is 1. The van der Waals surface area contributed by atoms with E-state index in [1.807, 2.05) is 0 Å². The Labute approximate surface area is 165 Å². The highest BCUT2D eigenvalue weighted by molar-refractivity contribution is 6.31. The van der Waals surface area contributed by atoms with Gasteiger partial charge in [0.05, 0.1) is 12.5 Å². The van der Waals surface area contributed by atoms with Crippen molar-refractivity contribution in [2.24, 2.45) is 5.73 Å². The van der Waals surface area contributed by atoms with Gasteiger partial charge in [-0.15, -0.1) is 0 Å². The number of ether oxygens (including phenoxy) is 1. The molecule has 0 aliphatic carbocycles. The van der Waals surface area contributed by atoms with Gasteiger partial charge in [0.2, 0.25) is 0 Å². The molecule has 27 heavy (non-hydrogen) atoms. The van der Waals surface area contributed by atoms with E-state index < -0.39 is 30.6 Å². The molecular formula is C18H17Cl2N3O4. The summed E-state index contributed by atoms with van der Waals surface area (Å²) >= 11 is 11.9. The van der Waals surface area contributed by atoms with Gasteiger partial charge in [-0.25, -0.2) is 4.79 Å². The molecule has 142 valence electrons. The van der Waals surface area contributed by atoms with Crippen molar-refractivity contribution >= 4 is 46.8 Å². The van der Waals surface area contributed by atoms with Gasteiger partial charge in [0, 0.05) is 15.7 Å². The zero-order valence-electron chi connectivity index (χ0n) is 14.1. The summed E-state index contributed by atoms with van der Waals surface area (Å²) in [6.45, 7) is -0.489. The molecule has 3 amide bonds. The number of nitrogens with one attached hydrogen (secondary N) is 2. The third kappa shape index (κ3) is 6.80. The zero-order valence-corrected chi connectivity index (χ0v) is 15.6. The van der Waals surface area contributed by atoms with Gasteiger partial charge in [0.25, 0.3) is 5.91 Å². The Hall–Kier alpha value is -2.77. The molecule has 0 fully saturated rings. The molecule has 1 atom stereocenters. The molecule has 1 unspecified atom stereocenters. The fourth-order valence-corrected chi connectivity index (χ4v) is 2.76. The Bertz CT molecular complexity index is 845. The van der Waals surface area contributed by atoms with E-state index in [0.29, 0.717) is 21.3 Å². The average molecular weight is 410 g/mol. The predicted molar refractivity (Wildman–Crippen MR) is 103 cm³/mol. The van der Waals surface area contributed by atoms with Crippen molar-refractivity contribution in [3.8, 4) is 0 Å². The zero-order chi connectivity index (χ0) is 19.8. The van der Waals surface area contributed by atoms with E-state index in [4.69, 9.17) is 33.7 Å². The summed E-state index contributed by atoms with van der Waals surface area (Å²) in [5.41, 5.74) is 6.15. The highest BCUT2D eigenvalue weighted by atomic mass is 35.5. The Balaban J connectivity index is 1.92. The molecule has 0 aliphatic rings. The van der Waals surface area contributed by atoms with Gasteiger partial charge in [-0.1, -0.05) is 47.5 Å². The van der Waals surface area contributed by atoms with Crippen molar-refractivity contribution in [2.45, 2.75) is 12.5 Å². The van der Waals surface area contributed by atoms with E-state index >= 15 is 0 Å². The van der Waals surface area contributed by atoms with E-state index in [9.17, 15) is 14.4 Å². The van der Waals surface area contributed by atoms with Crippen LogP contribution in [0.3, 0.4) is 0 Å². The smallest absolute Gasteiger partial charge is 0.312 e. The van der Waals surface area contributed by atoms with Crippen LogP contribution in [0.25, 0.3) is 0 Å². The van der Waals surface area contributed by atoms with Gasteiger partial charge >= 0.3 is 12.0 Å². The van der Waals surface area contributed by atoms with Crippen LogP contribution in [0.1, 0.15) is 18.0 Å². The van der Waals surface area contributed by atoms with Crippen molar-refractivity contribution in [3.05, 3.63) is 64.1 Å². The molecule has 2 aromatic rings. The van der Waals surface area contributed by atoms with E-state index in [1.54, 1.807) is 48.5 Å². The van der Waals surface area contributed by atoms with Crippen LogP contribution in [-0.4, -0.2) is 24.5 Å². The molecule has 0 aliphatic heterocycles. The molecule has 0 bridgehead atoms. The number of benzene rings is 2. The first kappa shape index (κ1) is 20.5. The number of amides is 3. The van der Waals surface area contributed by atoms with Gasteiger partial charge in [-0.05, 0) is 29.8 Å². The summed E-state index contributed by atoms with van der Waals surface area (Å²) in [7, 11) is 0. The lowest BCUT2D eigenvalue weighted by molar-refractivity contribution is -0.147. The second-order valence-corrected chi connectivity index (χ2v) is 6.35. The van der Waals surface area contributed by atoms with Crippen LogP contribution in [-0.2, 0) is 14.3 Å². The predicted octanol–water partition coefficient (Wildman–Crippen LogP) is 3.27. The second kappa shape index (κ2) is 9.80. The fraction of sp³-hybridized carbons (Fsp3) is 0.167. The quantitative estimate of drug-likeness (QED) is 0.609. The molecule has 7 nitrogen and oxygen atoms in total. The van der Waals surface area contributed by atoms with Crippen molar-refractivity contribution in [3.63, 3.8) is 0 Å². The van der Waals surface area contributed by atoms with Crippen LogP contribution in [0.5, 0.6) is 0 Å². The molecule has 4 N–H and O–H groups in total. The number of rotatable bonds is 7. The number of hydrogen-bond donors (Lipinski definition) is 3. The summed E-state index contributed by atoms with van der Waals surface area (Å²) in [5.74, 6) is -1.22. The minimum Gasteiger partial charge on any atom is -0.455 e. The maximum atomic E-state index is 12.1. The van der Waals surface area contributed by atoms with Crippen molar-refractivity contribution in [1.82, 2.24) is 5.32 Å². The summed E-state index contributed by atoms with van der Waals surface area (Å²) in [6, 6.07) is 11.7. The second-order valence-electron chi connectivity index (χ2n) is 5.51. The van der Waals surface area contributed by atoms with Gasteiger partial charge < -0.3 is 21.1 Å². The number of urea groups is 1. The Kier molecular flexibility index (Phi) is 7.45. The average Bonchev–Trinajstić information content (AvgIpc) is 2.59. The topological polar surface area (TPSA) is 111 Å². The lowest BCUT2D eigenvalue weighted by Gasteiger charge is -2.18. The van der Waals surface area contributed by atoms with E-state index in [-0.39, 0.29) is 6.42 Å². The molecule has 0 saturated carbocycles. The first-order valence-electron chi connectivity index (χ1n) is 7.86. The summed E-state index contributed by atoms with van der Waals surface area (Å²) in [6.07, 6.45) is -0.239. The van der Waals surface area contributed by atoms with Crippen molar-refractivity contribution in [2.75, 3.05) is 11.9 Å². The first-order chi connectivity index (χ1) is 12.8. The molecule has 0 radical (unpaired) electrons. The van der Waals surface area contributed by atoms with Crippen LogP contribution in [0.2, 0.25) is 10.0 Å². The molecule has 9 heteroatoms. The van der Waals surface area contributed by atoms with Gasteiger partial charge in [0.15, 0.2) is 6.61 Å². The van der Waals surface area contributed by atoms with Gasteiger partial charge in [0.1, 0.15) is 0 Å². The van der Waals surface area contributed by atoms with E-state index in [0.717, 1.165) is 0 Å². The number of halogens is 2. The minimum absolute atomic E-state index is 0.239. The maximum absolute atomic E-state index is 12.1. The number of carbonyl (C=O) groups excluding carboxylic acids is 3. The van der Waals surface area contributed by atoms with E-state index in [1.165, 1.54) is 0 Å². The Morgan fingerprint density at radius 1 is 1.07 bits per heavy atom. The molecule has 0 spiro atoms. The standard InChI is InChI=1S/C18H17Cl2N3O4/c19-11-4-3-5-12(8-11)22-16(24)10-27-17(25)9-15(23-18(21)26)13-6-1-2-7-14(13)20/h1-8,15H,9-10H2,(H,22,24)(H3,21,23,26). The molecular weight excluding hydrogens is 393 g/mol. The first-order valence-corrected chi connectivity index (χ1v) is 8.62. The third-order valence-electron chi connectivity index (χ3n) is 3.44. The van der Waals surface area contributed by atoms with Crippen LogP contribution in [0.4, 0.5) is 10.5 Å². The molecule has 2 aromatic carbocycles. The lowest BCUT2D eigenvalue weighted by atomic mass is 10.0. The Morgan fingerprint density at radius 3 is 2.48 bits per heavy atom. The number of nitrogens with two attached hydrogens (primary N) is 1. The molecule has 0 saturated heterocycles. The fourth-order valence-electron chi connectivity index (χ4n) is 2.30.